The van der Waals surface area contributed by atoms with Crippen LogP contribution in [0.3, 0.4) is 0 Å². The highest BCUT2D eigenvalue weighted by atomic mass is 16.1. The highest BCUT2D eigenvalue weighted by Crippen LogP contribution is 2.24. The molecule has 0 aliphatic carbocycles. The highest BCUT2D eigenvalue weighted by molar-refractivity contribution is 5.90. The van der Waals surface area contributed by atoms with Gasteiger partial charge in [0.1, 0.15) is 0 Å². The Kier molecular flexibility index (Phi) is 6.24. The number of nitrogens with zero attached hydrogens (tertiary/aromatic N) is 1. The van der Waals surface area contributed by atoms with Crippen LogP contribution in [-0.4, -0.2) is 23.9 Å². The van der Waals surface area contributed by atoms with E-state index < -0.39 is 0 Å². The lowest BCUT2D eigenvalue weighted by Gasteiger charge is -2.32. The van der Waals surface area contributed by atoms with Gasteiger partial charge in [0.2, 0.25) is 5.91 Å². The van der Waals surface area contributed by atoms with Gasteiger partial charge in [-0.25, -0.2) is 0 Å². The summed E-state index contributed by atoms with van der Waals surface area (Å²) in [5.74, 6) is 0.809. The van der Waals surface area contributed by atoms with E-state index in [1.807, 2.05) is 30.3 Å². The minimum absolute atomic E-state index is 0.133. The van der Waals surface area contributed by atoms with Crippen molar-refractivity contribution in [2.45, 2.75) is 39.2 Å². The summed E-state index contributed by atoms with van der Waals surface area (Å²) in [6, 6.07) is 18.4. The van der Waals surface area contributed by atoms with Gasteiger partial charge in [-0.05, 0) is 68.5 Å². The van der Waals surface area contributed by atoms with Crippen molar-refractivity contribution in [3.8, 4) is 0 Å². The number of anilines is 1. The molecule has 132 valence electrons. The van der Waals surface area contributed by atoms with Gasteiger partial charge in [-0.1, -0.05) is 42.5 Å². The van der Waals surface area contributed by atoms with E-state index in [0.29, 0.717) is 12.3 Å². The molecule has 0 atom stereocenters. The Bertz CT molecular complexity index is 675. The molecule has 0 radical (unpaired) electrons. The van der Waals surface area contributed by atoms with E-state index in [1.165, 1.54) is 24.0 Å². The third kappa shape index (κ3) is 5.43. The smallest absolute Gasteiger partial charge is 0.224 e. The molecule has 1 amide bonds. The fourth-order valence-corrected chi connectivity index (χ4v) is 3.54. The van der Waals surface area contributed by atoms with Crippen LogP contribution in [0.25, 0.3) is 0 Å². The van der Waals surface area contributed by atoms with Crippen molar-refractivity contribution >= 4 is 11.6 Å². The molecule has 3 heteroatoms. The van der Waals surface area contributed by atoms with E-state index in [9.17, 15) is 4.79 Å². The second-order valence-corrected chi connectivity index (χ2v) is 7.10. The Morgan fingerprint density at radius 2 is 1.72 bits per heavy atom. The maximum absolute atomic E-state index is 12.1. The number of amides is 1. The molecule has 1 saturated heterocycles. The van der Waals surface area contributed by atoms with Gasteiger partial charge < -0.3 is 5.32 Å². The first kappa shape index (κ1) is 17.7. The Hall–Kier alpha value is -2.13. The molecule has 3 nitrogen and oxygen atoms in total. The lowest BCUT2D eigenvalue weighted by molar-refractivity contribution is -0.116. The Balaban J connectivity index is 1.38. The molecule has 1 aliphatic rings. The number of hydrogen-bond acceptors (Lipinski definition) is 2. The Morgan fingerprint density at radius 1 is 1.04 bits per heavy atom. The van der Waals surface area contributed by atoms with Crippen molar-refractivity contribution in [3.63, 3.8) is 0 Å². The number of benzene rings is 2. The highest BCUT2D eigenvalue weighted by Gasteiger charge is 2.20. The molecule has 0 bridgehead atoms. The zero-order valence-electron chi connectivity index (χ0n) is 15.1. The van der Waals surface area contributed by atoms with Gasteiger partial charge in [-0.2, -0.15) is 0 Å². The third-order valence-corrected chi connectivity index (χ3v) is 5.20. The number of carbonyl (C=O) groups is 1. The summed E-state index contributed by atoms with van der Waals surface area (Å²) in [4.78, 5) is 14.6. The number of hydrogen-bond donors (Lipinski definition) is 1. The molecule has 1 heterocycles. The van der Waals surface area contributed by atoms with Crippen molar-refractivity contribution in [3.05, 3.63) is 65.7 Å². The van der Waals surface area contributed by atoms with Crippen molar-refractivity contribution in [1.29, 1.82) is 0 Å². The monoisotopic (exact) mass is 336 g/mol. The number of rotatable bonds is 6. The van der Waals surface area contributed by atoms with Crippen LogP contribution < -0.4 is 5.32 Å². The van der Waals surface area contributed by atoms with Crippen molar-refractivity contribution in [2.24, 2.45) is 5.92 Å². The molecular weight excluding hydrogens is 308 g/mol. The van der Waals surface area contributed by atoms with Gasteiger partial charge in [0.05, 0.1) is 0 Å². The molecular formula is C22H28N2O. The first-order valence-corrected chi connectivity index (χ1v) is 9.32. The second kappa shape index (κ2) is 8.82. The normalized spacial score (nSPS) is 15.9. The zero-order chi connectivity index (χ0) is 17.5. The third-order valence-electron chi connectivity index (χ3n) is 5.20. The van der Waals surface area contributed by atoms with Crippen LogP contribution in [0.15, 0.2) is 54.6 Å². The van der Waals surface area contributed by atoms with E-state index >= 15 is 0 Å². The molecule has 2 aromatic rings. The summed E-state index contributed by atoms with van der Waals surface area (Å²) < 4.78 is 0. The van der Waals surface area contributed by atoms with Crippen LogP contribution in [0.5, 0.6) is 0 Å². The van der Waals surface area contributed by atoms with E-state index in [1.54, 1.807) is 0 Å². The summed E-state index contributed by atoms with van der Waals surface area (Å²) >= 11 is 0. The average Bonchev–Trinajstić information content (AvgIpc) is 2.64. The molecule has 1 aliphatic heterocycles. The summed E-state index contributed by atoms with van der Waals surface area (Å²) in [6.07, 6.45) is 4.02. The van der Waals surface area contributed by atoms with E-state index in [2.05, 4.69) is 41.4 Å². The topological polar surface area (TPSA) is 32.3 Å². The lowest BCUT2D eigenvalue weighted by Crippen LogP contribution is -2.33. The molecule has 3 rings (SSSR count). The number of likely N-dealkylation sites (tertiary alicyclic amines) is 1. The lowest BCUT2D eigenvalue weighted by atomic mass is 9.91. The van der Waals surface area contributed by atoms with Crippen LogP contribution in [-0.2, 0) is 11.3 Å². The van der Waals surface area contributed by atoms with Crippen molar-refractivity contribution in [1.82, 2.24) is 4.90 Å². The fourth-order valence-electron chi connectivity index (χ4n) is 3.54. The molecule has 2 aromatic carbocycles. The van der Waals surface area contributed by atoms with Gasteiger partial charge in [-0.15, -0.1) is 0 Å². The van der Waals surface area contributed by atoms with Crippen LogP contribution in [0, 0.1) is 12.8 Å². The Morgan fingerprint density at radius 3 is 2.44 bits per heavy atom. The second-order valence-electron chi connectivity index (χ2n) is 7.10. The summed E-state index contributed by atoms with van der Waals surface area (Å²) in [6.45, 7) is 5.51. The van der Waals surface area contributed by atoms with E-state index in [4.69, 9.17) is 0 Å². The minimum Gasteiger partial charge on any atom is -0.326 e. The van der Waals surface area contributed by atoms with E-state index in [0.717, 1.165) is 31.7 Å². The number of nitrogens with one attached hydrogen (secondary N) is 1. The number of aryl methyl sites for hydroxylation is 1. The largest absolute Gasteiger partial charge is 0.326 e. The predicted molar refractivity (Wildman–Crippen MR) is 103 cm³/mol. The van der Waals surface area contributed by atoms with Crippen molar-refractivity contribution < 1.29 is 4.79 Å². The molecule has 1 N–H and O–H groups in total. The first-order chi connectivity index (χ1) is 12.2. The maximum atomic E-state index is 12.1. The maximum Gasteiger partial charge on any atom is 0.224 e. The number of carbonyl (C=O) groups excluding carboxylic acids is 1. The van der Waals surface area contributed by atoms with Crippen LogP contribution in [0.2, 0.25) is 0 Å². The number of para-hydroxylation sites is 1. The molecule has 1 fully saturated rings. The first-order valence-electron chi connectivity index (χ1n) is 9.32. The van der Waals surface area contributed by atoms with Crippen LogP contribution in [0.4, 0.5) is 5.69 Å². The minimum atomic E-state index is 0.133. The van der Waals surface area contributed by atoms with Crippen LogP contribution >= 0.6 is 0 Å². The standard InChI is InChI=1S/C22H28N2O/c1-18-7-5-6-8-20(18)17-24-15-13-19(14-16-24)11-12-22(25)23-21-9-3-2-4-10-21/h2-10,19H,11-17H2,1H3,(H,23,25). The SMILES string of the molecule is Cc1ccccc1CN1CCC(CCC(=O)Nc2ccccc2)CC1. The molecule has 0 saturated carbocycles. The summed E-state index contributed by atoms with van der Waals surface area (Å²) in [5.41, 5.74) is 3.70. The quantitative estimate of drug-likeness (QED) is 0.834. The zero-order valence-corrected chi connectivity index (χ0v) is 15.1. The van der Waals surface area contributed by atoms with Crippen LogP contribution in [0.1, 0.15) is 36.8 Å². The van der Waals surface area contributed by atoms with Gasteiger partial charge >= 0.3 is 0 Å². The fraction of sp³-hybridized carbons (Fsp3) is 0.409. The summed E-state index contributed by atoms with van der Waals surface area (Å²) in [7, 11) is 0. The average molecular weight is 336 g/mol. The predicted octanol–water partition coefficient (Wildman–Crippen LogP) is 4.63. The van der Waals surface area contributed by atoms with E-state index in [-0.39, 0.29) is 5.91 Å². The molecule has 0 spiro atoms. The molecule has 0 unspecified atom stereocenters. The van der Waals surface area contributed by atoms with Gasteiger partial charge in [0, 0.05) is 18.7 Å². The summed E-state index contributed by atoms with van der Waals surface area (Å²) in [5, 5.41) is 2.98. The van der Waals surface area contributed by atoms with Crippen molar-refractivity contribution in [2.75, 3.05) is 18.4 Å². The molecule has 25 heavy (non-hydrogen) atoms. The van der Waals surface area contributed by atoms with Gasteiger partial charge in [0.15, 0.2) is 0 Å². The van der Waals surface area contributed by atoms with Gasteiger partial charge in [-0.3, -0.25) is 9.69 Å². The number of piperidine rings is 1. The Labute approximate surface area is 151 Å². The molecule has 0 aromatic heterocycles. The van der Waals surface area contributed by atoms with Gasteiger partial charge in [0.25, 0.3) is 0 Å².